The number of unbranched alkanes of at least 4 members (excludes halogenated alkanes) is 1. The molecule has 0 radical (unpaired) electrons. The van der Waals surface area contributed by atoms with Gasteiger partial charge in [-0.3, -0.25) is 0 Å². The van der Waals surface area contributed by atoms with Crippen molar-refractivity contribution in [3.05, 3.63) is 41.5 Å². The van der Waals surface area contributed by atoms with Gasteiger partial charge in [-0.25, -0.2) is 8.42 Å². The van der Waals surface area contributed by atoms with Crippen LogP contribution >= 0.6 is 0 Å². The molecule has 0 aliphatic heterocycles. The Kier molecular flexibility index (Phi) is 6.36. The Bertz CT molecular complexity index is 753. The van der Waals surface area contributed by atoms with E-state index in [0.29, 0.717) is 23.6 Å². The Hall–Kier alpha value is -1.89. The van der Waals surface area contributed by atoms with Crippen LogP contribution in [0.1, 0.15) is 50.9 Å². The molecule has 2 rings (SSSR count). The molecular formula is C17H24N2O4S. The van der Waals surface area contributed by atoms with Crippen molar-refractivity contribution in [3.63, 3.8) is 0 Å². The first-order chi connectivity index (χ1) is 11.4. The minimum atomic E-state index is -3.43. The van der Waals surface area contributed by atoms with Crippen molar-refractivity contribution in [2.45, 2.75) is 57.6 Å². The fourth-order valence-corrected chi connectivity index (χ4v) is 3.56. The van der Waals surface area contributed by atoms with Crippen molar-refractivity contribution in [1.82, 2.24) is 10.1 Å². The number of aromatic nitrogens is 2. The summed E-state index contributed by atoms with van der Waals surface area (Å²) in [6.45, 7) is 5.88. The van der Waals surface area contributed by atoms with Gasteiger partial charge in [0.15, 0.2) is 15.7 Å². The standard InChI is InChI=1S/C17H24N2O4S/c1-4-5-10-16-18-17(23-19-16)12-24(20,21)11-14-8-6-7-9-15(14)22-13(2)3/h6-9,13H,4-5,10-12H2,1-3H3. The van der Waals surface area contributed by atoms with Gasteiger partial charge in [-0.15, -0.1) is 0 Å². The van der Waals surface area contributed by atoms with Crippen LogP contribution in [0.5, 0.6) is 5.75 Å². The molecule has 0 aliphatic carbocycles. The molecule has 0 bridgehead atoms. The molecule has 0 saturated carbocycles. The second-order valence-electron chi connectivity index (χ2n) is 6.01. The lowest BCUT2D eigenvalue weighted by molar-refractivity contribution is 0.240. The maximum absolute atomic E-state index is 12.4. The maximum atomic E-state index is 12.4. The molecule has 24 heavy (non-hydrogen) atoms. The number of hydrogen-bond donors (Lipinski definition) is 0. The number of benzene rings is 1. The van der Waals surface area contributed by atoms with Crippen LogP contribution in [0.15, 0.2) is 28.8 Å². The van der Waals surface area contributed by atoms with Crippen LogP contribution in [0.2, 0.25) is 0 Å². The van der Waals surface area contributed by atoms with E-state index >= 15 is 0 Å². The molecule has 0 spiro atoms. The first kappa shape index (κ1) is 18.4. The quantitative estimate of drug-likeness (QED) is 0.688. The molecule has 7 heteroatoms. The molecule has 2 aromatic rings. The van der Waals surface area contributed by atoms with Gasteiger partial charge in [0.2, 0.25) is 5.89 Å². The Morgan fingerprint density at radius 2 is 1.96 bits per heavy atom. The second-order valence-corrected chi connectivity index (χ2v) is 8.08. The summed E-state index contributed by atoms with van der Waals surface area (Å²) in [6.07, 6.45) is 2.65. The summed E-state index contributed by atoms with van der Waals surface area (Å²) in [5.74, 6) is 0.907. The third-order valence-corrected chi connectivity index (χ3v) is 4.76. The minimum absolute atomic E-state index is 0.0223. The smallest absolute Gasteiger partial charge is 0.241 e. The average molecular weight is 352 g/mol. The van der Waals surface area contributed by atoms with Crippen molar-refractivity contribution in [2.24, 2.45) is 0 Å². The summed E-state index contributed by atoms with van der Waals surface area (Å²) >= 11 is 0. The molecule has 1 aromatic carbocycles. The minimum Gasteiger partial charge on any atom is -0.491 e. The van der Waals surface area contributed by atoms with Crippen molar-refractivity contribution in [1.29, 1.82) is 0 Å². The molecule has 6 nitrogen and oxygen atoms in total. The predicted molar refractivity (Wildman–Crippen MR) is 91.4 cm³/mol. The Balaban J connectivity index is 2.07. The topological polar surface area (TPSA) is 82.3 Å². The Morgan fingerprint density at radius 3 is 2.67 bits per heavy atom. The van der Waals surface area contributed by atoms with E-state index in [0.717, 1.165) is 12.8 Å². The first-order valence-corrected chi connectivity index (χ1v) is 9.98. The highest BCUT2D eigenvalue weighted by Crippen LogP contribution is 2.23. The van der Waals surface area contributed by atoms with Crippen LogP contribution in [-0.4, -0.2) is 24.7 Å². The van der Waals surface area contributed by atoms with Gasteiger partial charge in [0.05, 0.1) is 11.9 Å². The molecule has 0 unspecified atom stereocenters. The van der Waals surface area contributed by atoms with Gasteiger partial charge in [-0.05, 0) is 26.3 Å². The number of para-hydroxylation sites is 1. The highest BCUT2D eigenvalue weighted by Gasteiger charge is 2.20. The van der Waals surface area contributed by atoms with E-state index in [-0.39, 0.29) is 23.5 Å². The first-order valence-electron chi connectivity index (χ1n) is 8.16. The van der Waals surface area contributed by atoms with Crippen LogP contribution in [0, 0.1) is 0 Å². The summed E-state index contributed by atoms with van der Waals surface area (Å²) in [5.41, 5.74) is 0.636. The van der Waals surface area contributed by atoms with Crippen LogP contribution in [0.25, 0.3) is 0 Å². The second kappa shape index (κ2) is 8.28. The van der Waals surface area contributed by atoms with Gasteiger partial charge in [0, 0.05) is 12.0 Å². The molecule has 1 heterocycles. The third kappa shape index (κ3) is 5.63. The highest BCUT2D eigenvalue weighted by atomic mass is 32.2. The lowest BCUT2D eigenvalue weighted by atomic mass is 10.2. The van der Waals surface area contributed by atoms with E-state index in [1.54, 1.807) is 18.2 Å². The zero-order chi connectivity index (χ0) is 17.6. The normalized spacial score (nSPS) is 11.8. The number of hydrogen-bond acceptors (Lipinski definition) is 6. The van der Waals surface area contributed by atoms with E-state index in [2.05, 4.69) is 17.1 Å². The van der Waals surface area contributed by atoms with Crippen LogP contribution < -0.4 is 4.74 Å². The number of nitrogens with zero attached hydrogens (tertiary/aromatic N) is 2. The molecule has 132 valence electrons. The summed E-state index contributed by atoms with van der Waals surface area (Å²) < 4.78 is 35.6. The van der Waals surface area contributed by atoms with Crippen LogP contribution in [-0.2, 0) is 27.8 Å². The summed E-state index contributed by atoms with van der Waals surface area (Å²) in [7, 11) is -3.43. The lowest BCUT2D eigenvalue weighted by Crippen LogP contribution is -2.12. The number of rotatable bonds is 9. The van der Waals surface area contributed by atoms with E-state index in [1.807, 2.05) is 19.9 Å². The Morgan fingerprint density at radius 1 is 1.21 bits per heavy atom. The van der Waals surface area contributed by atoms with E-state index in [4.69, 9.17) is 9.26 Å². The molecular weight excluding hydrogens is 328 g/mol. The lowest BCUT2D eigenvalue weighted by Gasteiger charge is -2.13. The van der Waals surface area contributed by atoms with Gasteiger partial charge in [0.1, 0.15) is 11.5 Å². The van der Waals surface area contributed by atoms with Crippen LogP contribution in [0.4, 0.5) is 0 Å². The molecule has 0 aliphatic rings. The predicted octanol–water partition coefficient (Wildman–Crippen LogP) is 3.31. The van der Waals surface area contributed by atoms with Crippen molar-refractivity contribution >= 4 is 9.84 Å². The van der Waals surface area contributed by atoms with Gasteiger partial charge >= 0.3 is 0 Å². The highest BCUT2D eigenvalue weighted by molar-refractivity contribution is 7.89. The third-order valence-electron chi connectivity index (χ3n) is 3.32. The SMILES string of the molecule is CCCCc1noc(CS(=O)(=O)Cc2ccccc2OC(C)C)n1. The molecule has 1 aromatic heterocycles. The number of ether oxygens (including phenoxy) is 1. The molecule has 0 fully saturated rings. The zero-order valence-corrected chi connectivity index (χ0v) is 15.2. The largest absolute Gasteiger partial charge is 0.491 e. The number of aryl methyl sites for hydroxylation is 1. The average Bonchev–Trinajstić information content (AvgIpc) is 2.93. The van der Waals surface area contributed by atoms with Crippen LogP contribution in [0.3, 0.4) is 0 Å². The summed E-state index contributed by atoms with van der Waals surface area (Å²) in [6, 6.07) is 7.16. The van der Waals surface area contributed by atoms with Crippen molar-refractivity contribution in [3.8, 4) is 5.75 Å². The zero-order valence-electron chi connectivity index (χ0n) is 14.4. The van der Waals surface area contributed by atoms with E-state index in [1.165, 1.54) is 0 Å². The monoisotopic (exact) mass is 352 g/mol. The van der Waals surface area contributed by atoms with Gasteiger partial charge in [-0.1, -0.05) is 36.7 Å². The molecule has 0 saturated heterocycles. The summed E-state index contributed by atoms with van der Waals surface area (Å²) in [4.78, 5) is 4.16. The molecule has 0 atom stereocenters. The number of sulfone groups is 1. The maximum Gasteiger partial charge on any atom is 0.241 e. The fraction of sp³-hybridized carbons (Fsp3) is 0.529. The molecule has 0 amide bonds. The molecule has 0 N–H and O–H groups in total. The van der Waals surface area contributed by atoms with E-state index < -0.39 is 9.84 Å². The van der Waals surface area contributed by atoms with Gasteiger partial charge < -0.3 is 9.26 Å². The van der Waals surface area contributed by atoms with E-state index in [9.17, 15) is 8.42 Å². The Labute approximate surface area is 143 Å². The van der Waals surface area contributed by atoms with Crippen molar-refractivity contribution < 1.29 is 17.7 Å². The fourth-order valence-electron chi connectivity index (χ4n) is 2.25. The van der Waals surface area contributed by atoms with Crippen molar-refractivity contribution in [2.75, 3.05) is 0 Å². The van der Waals surface area contributed by atoms with Gasteiger partial charge in [0.25, 0.3) is 0 Å². The van der Waals surface area contributed by atoms with Gasteiger partial charge in [-0.2, -0.15) is 4.98 Å². The summed E-state index contributed by atoms with van der Waals surface area (Å²) in [5, 5.41) is 3.83.